The van der Waals surface area contributed by atoms with E-state index in [1.165, 1.54) is 0 Å². The summed E-state index contributed by atoms with van der Waals surface area (Å²) in [6.07, 6.45) is 1.50. The van der Waals surface area contributed by atoms with E-state index in [2.05, 4.69) is 5.32 Å². The number of nitrogens with zero attached hydrogens (tertiary/aromatic N) is 1. The normalized spacial score (nSPS) is 15.9. The lowest BCUT2D eigenvalue weighted by molar-refractivity contribution is -0.144. The van der Waals surface area contributed by atoms with Crippen LogP contribution in [0.2, 0.25) is 0 Å². The van der Waals surface area contributed by atoms with E-state index < -0.39 is 11.8 Å². The van der Waals surface area contributed by atoms with Gasteiger partial charge in [-0.05, 0) is 44.2 Å². The maximum absolute atomic E-state index is 12.1. The zero-order valence-corrected chi connectivity index (χ0v) is 12.6. The minimum atomic E-state index is -0.593. The van der Waals surface area contributed by atoms with E-state index in [4.69, 9.17) is 5.11 Å². The van der Waals surface area contributed by atoms with Crippen molar-refractivity contribution < 1.29 is 14.7 Å². The van der Waals surface area contributed by atoms with E-state index in [9.17, 15) is 9.59 Å². The van der Waals surface area contributed by atoms with E-state index in [0.717, 1.165) is 24.0 Å². The molecule has 0 radical (unpaired) electrons. The maximum Gasteiger partial charge on any atom is 0.313 e. The van der Waals surface area contributed by atoms with Crippen molar-refractivity contribution in [2.75, 3.05) is 25.0 Å². The quantitative estimate of drug-likeness (QED) is 0.810. The van der Waals surface area contributed by atoms with Crippen LogP contribution >= 0.6 is 0 Å². The number of nitrogens with one attached hydrogen (secondary N) is 1. The molecule has 114 valence electrons. The molecule has 0 unspecified atom stereocenters. The van der Waals surface area contributed by atoms with Gasteiger partial charge < -0.3 is 15.3 Å². The zero-order valence-electron chi connectivity index (χ0n) is 12.6. The second-order valence-corrected chi connectivity index (χ2v) is 5.69. The van der Waals surface area contributed by atoms with Crippen LogP contribution in [-0.2, 0) is 9.59 Å². The standard InChI is InChI=1S/C16H22N2O3/c1-11-3-4-14(12(2)9-11)17-15(20)16(21)18-7-5-13(10-19)6-8-18/h3-4,9,13,19H,5-8,10H2,1-2H3,(H,17,20). The fourth-order valence-electron chi connectivity index (χ4n) is 2.59. The molecule has 1 heterocycles. The van der Waals surface area contributed by atoms with Gasteiger partial charge in [-0.2, -0.15) is 0 Å². The second-order valence-electron chi connectivity index (χ2n) is 5.69. The van der Waals surface area contributed by atoms with Gasteiger partial charge >= 0.3 is 11.8 Å². The van der Waals surface area contributed by atoms with Crippen LogP contribution in [0.1, 0.15) is 24.0 Å². The van der Waals surface area contributed by atoms with Gasteiger partial charge in [0.15, 0.2) is 0 Å². The summed E-state index contributed by atoms with van der Waals surface area (Å²) in [4.78, 5) is 25.7. The number of carbonyl (C=O) groups is 2. The average Bonchev–Trinajstić information content (AvgIpc) is 2.49. The number of rotatable bonds is 2. The average molecular weight is 290 g/mol. The Labute approximate surface area is 125 Å². The molecule has 2 rings (SSSR count). The highest BCUT2D eigenvalue weighted by molar-refractivity contribution is 6.39. The Bertz CT molecular complexity index is 534. The fraction of sp³-hybridized carbons (Fsp3) is 0.500. The van der Waals surface area contributed by atoms with E-state index in [-0.39, 0.29) is 12.5 Å². The summed E-state index contributed by atoms with van der Waals surface area (Å²) in [6, 6.07) is 5.68. The molecule has 0 aliphatic carbocycles. The van der Waals surface area contributed by atoms with Crippen molar-refractivity contribution in [3.8, 4) is 0 Å². The van der Waals surface area contributed by atoms with Crippen LogP contribution in [-0.4, -0.2) is 41.5 Å². The summed E-state index contributed by atoms with van der Waals surface area (Å²) >= 11 is 0. The second kappa shape index (κ2) is 6.72. The minimum absolute atomic E-state index is 0.150. The lowest BCUT2D eigenvalue weighted by Crippen LogP contribution is -2.44. The molecule has 2 N–H and O–H groups in total. The third kappa shape index (κ3) is 3.82. The van der Waals surface area contributed by atoms with Crippen molar-refractivity contribution in [3.63, 3.8) is 0 Å². The topological polar surface area (TPSA) is 69.6 Å². The molecule has 1 aliphatic heterocycles. The SMILES string of the molecule is Cc1ccc(NC(=O)C(=O)N2CCC(CO)CC2)c(C)c1. The summed E-state index contributed by atoms with van der Waals surface area (Å²) in [6.45, 7) is 5.10. The van der Waals surface area contributed by atoms with Gasteiger partial charge in [-0.3, -0.25) is 9.59 Å². The predicted molar refractivity (Wildman–Crippen MR) is 80.9 cm³/mol. The van der Waals surface area contributed by atoms with Crippen molar-refractivity contribution in [2.24, 2.45) is 5.92 Å². The first kappa shape index (κ1) is 15.5. The van der Waals surface area contributed by atoms with Gasteiger partial charge in [0.2, 0.25) is 0 Å². The summed E-state index contributed by atoms with van der Waals surface area (Å²) in [5.41, 5.74) is 2.72. The largest absolute Gasteiger partial charge is 0.396 e. The molecule has 0 saturated carbocycles. The number of hydrogen-bond acceptors (Lipinski definition) is 3. The number of piperidine rings is 1. The van der Waals surface area contributed by atoms with Crippen LogP contribution in [0.5, 0.6) is 0 Å². The number of hydrogen-bond donors (Lipinski definition) is 2. The lowest BCUT2D eigenvalue weighted by atomic mass is 9.98. The molecule has 5 heteroatoms. The van der Waals surface area contributed by atoms with Gasteiger partial charge in [-0.25, -0.2) is 0 Å². The van der Waals surface area contributed by atoms with E-state index in [1.54, 1.807) is 4.90 Å². The highest BCUT2D eigenvalue weighted by Crippen LogP contribution is 2.18. The van der Waals surface area contributed by atoms with Crippen LogP contribution in [0.3, 0.4) is 0 Å². The molecular weight excluding hydrogens is 268 g/mol. The Morgan fingerprint density at radius 3 is 2.52 bits per heavy atom. The Morgan fingerprint density at radius 2 is 1.95 bits per heavy atom. The van der Waals surface area contributed by atoms with Crippen LogP contribution in [0.25, 0.3) is 0 Å². The maximum atomic E-state index is 12.1. The van der Waals surface area contributed by atoms with Crippen LogP contribution in [0.15, 0.2) is 18.2 Å². The Balaban J connectivity index is 1.95. The monoisotopic (exact) mass is 290 g/mol. The highest BCUT2D eigenvalue weighted by Gasteiger charge is 2.26. The number of amides is 2. The first-order chi connectivity index (χ1) is 10.0. The number of carbonyl (C=O) groups excluding carboxylic acids is 2. The Kier molecular flexibility index (Phi) is 4.96. The predicted octanol–water partition coefficient (Wildman–Crippen LogP) is 1.47. The highest BCUT2D eigenvalue weighted by atomic mass is 16.3. The number of aliphatic hydroxyl groups is 1. The molecule has 1 fully saturated rings. The van der Waals surface area contributed by atoms with Gasteiger partial charge in [0.05, 0.1) is 0 Å². The molecule has 0 spiro atoms. The summed E-state index contributed by atoms with van der Waals surface area (Å²) in [7, 11) is 0. The third-order valence-corrected chi connectivity index (χ3v) is 3.98. The number of likely N-dealkylation sites (tertiary alicyclic amines) is 1. The van der Waals surface area contributed by atoms with E-state index in [0.29, 0.717) is 18.8 Å². The number of benzene rings is 1. The fourth-order valence-corrected chi connectivity index (χ4v) is 2.59. The summed E-state index contributed by atoms with van der Waals surface area (Å²) < 4.78 is 0. The van der Waals surface area contributed by atoms with E-state index >= 15 is 0 Å². The Morgan fingerprint density at radius 1 is 1.29 bits per heavy atom. The lowest BCUT2D eigenvalue weighted by Gasteiger charge is -2.30. The van der Waals surface area contributed by atoms with Crippen LogP contribution < -0.4 is 5.32 Å². The summed E-state index contributed by atoms with van der Waals surface area (Å²) in [5.74, 6) is -0.841. The zero-order chi connectivity index (χ0) is 15.4. The molecule has 5 nitrogen and oxygen atoms in total. The number of aryl methyl sites for hydroxylation is 2. The summed E-state index contributed by atoms with van der Waals surface area (Å²) in [5, 5.41) is 11.8. The molecule has 2 amide bonds. The number of anilines is 1. The molecule has 1 aliphatic rings. The molecule has 21 heavy (non-hydrogen) atoms. The van der Waals surface area contributed by atoms with Crippen LogP contribution in [0.4, 0.5) is 5.69 Å². The van der Waals surface area contributed by atoms with Crippen molar-refractivity contribution in [1.29, 1.82) is 0 Å². The van der Waals surface area contributed by atoms with E-state index in [1.807, 2.05) is 32.0 Å². The molecular formula is C16H22N2O3. The van der Waals surface area contributed by atoms with Gasteiger partial charge in [-0.1, -0.05) is 17.7 Å². The third-order valence-electron chi connectivity index (χ3n) is 3.98. The number of aliphatic hydroxyl groups excluding tert-OH is 1. The van der Waals surface area contributed by atoms with Crippen LogP contribution in [0, 0.1) is 19.8 Å². The molecule has 1 aromatic carbocycles. The van der Waals surface area contributed by atoms with Crippen molar-refractivity contribution in [3.05, 3.63) is 29.3 Å². The smallest absolute Gasteiger partial charge is 0.313 e. The molecule has 0 bridgehead atoms. The molecule has 1 saturated heterocycles. The molecule has 0 atom stereocenters. The first-order valence-corrected chi connectivity index (χ1v) is 7.29. The van der Waals surface area contributed by atoms with Crippen molar-refractivity contribution >= 4 is 17.5 Å². The molecule has 1 aromatic rings. The minimum Gasteiger partial charge on any atom is -0.396 e. The first-order valence-electron chi connectivity index (χ1n) is 7.29. The van der Waals surface area contributed by atoms with Crippen molar-refractivity contribution in [2.45, 2.75) is 26.7 Å². The van der Waals surface area contributed by atoms with Gasteiger partial charge in [0, 0.05) is 25.4 Å². The van der Waals surface area contributed by atoms with Gasteiger partial charge in [0.1, 0.15) is 0 Å². The van der Waals surface area contributed by atoms with Crippen molar-refractivity contribution in [1.82, 2.24) is 4.90 Å². The van der Waals surface area contributed by atoms with Gasteiger partial charge in [-0.15, -0.1) is 0 Å². The Hall–Kier alpha value is -1.88. The molecule has 0 aromatic heterocycles. The van der Waals surface area contributed by atoms with Gasteiger partial charge in [0.25, 0.3) is 0 Å².